The van der Waals surface area contributed by atoms with E-state index >= 15 is 0 Å². The number of hydrogen-bond donors (Lipinski definition) is 4. The van der Waals surface area contributed by atoms with Gasteiger partial charge in [-0.25, -0.2) is 40.7 Å². The molecule has 0 aliphatic carbocycles. The Kier molecular flexibility index (Phi) is 13.0. The lowest BCUT2D eigenvalue weighted by Crippen LogP contribution is -2.35. The minimum absolute atomic E-state index is 0.0408. The molecule has 0 aliphatic heterocycles. The molecule has 0 radical (unpaired) electrons. The Morgan fingerprint density at radius 2 is 1.61 bits per heavy atom. The highest BCUT2D eigenvalue weighted by Crippen LogP contribution is 2.29. The number of rotatable bonds is 12. The molecule has 0 saturated heterocycles. The zero-order valence-corrected chi connectivity index (χ0v) is 28.5. The maximum atomic E-state index is 12.9. The number of methoxy groups -OCH3 is 3. The highest BCUT2D eigenvalue weighted by Gasteiger charge is 2.26. The standard InChI is InChI=1S/C17H21N5O9S2.C11H8ClNO3/c1-29-13-8-14(30-2)20-16(19-13)21-17(24)22-33(27,28)12-7-10(9-18-32(4,25)26)5-6-11(12)15(23)31-3;12-8-3-4-9(16-6-10(14)15)11-7(8)2-1-5-13-11/h5-8,18H,9H2,1-4H3,(H2,19,20,21,22,24);1-5H,6H2,(H,14,15). The number of fused-ring (bicyclic) bond motifs is 1. The maximum absolute atomic E-state index is 12.9. The van der Waals surface area contributed by atoms with Gasteiger partial charge < -0.3 is 24.1 Å². The lowest BCUT2D eigenvalue weighted by Gasteiger charge is -2.13. The van der Waals surface area contributed by atoms with Crippen molar-refractivity contribution in [3.05, 3.63) is 70.9 Å². The number of hydrogen-bond acceptors (Lipinski definition) is 14. The Bertz CT molecular complexity index is 2060. The van der Waals surface area contributed by atoms with Gasteiger partial charge in [0.05, 0.1) is 44.2 Å². The number of carbonyl (C=O) groups is 3. The van der Waals surface area contributed by atoms with E-state index in [1.807, 2.05) is 0 Å². The number of aromatic nitrogens is 3. The minimum Gasteiger partial charge on any atom is -0.481 e. The van der Waals surface area contributed by atoms with E-state index in [1.165, 1.54) is 26.4 Å². The Morgan fingerprint density at radius 3 is 2.20 bits per heavy atom. The first kappa shape index (κ1) is 38.1. The molecule has 2 aromatic carbocycles. The summed E-state index contributed by atoms with van der Waals surface area (Å²) in [5.74, 6) is -1.84. The maximum Gasteiger partial charge on any atom is 0.341 e. The number of esters is 1. The number of halogens is 1. The van der Waals surface area contributed by atoms with E-state index in [1.54, 1.807) is 35.2 Å². The van der Waals surface area contributed by atoms with Crippen molar-refractivity contribution >= 4 is 66.5 Å². The second-order valence-electron chi connectivity index (χ2n) is 9.38. The second-order valence-corrected chi connectivity index (χ2v) is 13.3. The number of urea groups is 1. The lowest BCUT2D eigenvalue weighted by molar-refractivity contribution is -0.139. The monoisotopic (exact) mass is 740 g/mol. The van der Waals surface area contributed by atoms with Crippen LogP contribution in [-0.4, -0.2) is 89.1 Å². The number of ether oxygens (including phenoxy) is 4. The zero-order valence-electron chi connectivity index (χ0n) is 26.1. The molecule has 0 saturated carbocycles. The van der Waals surface area contributed by atoms with Gasteiger partial charge in [0.15, 0.2) is 6.61 Å². The zero-order chi connectivity index (χ0) is 36.4. The molecule has 2 amide bonds. The summed E-state index contributed by atoms with van der Waals surface area (Å²) < 4.78 is 71.9. The smallest absolute Gasteiger partial charge is 0.341 e. The van der Waals surface area contributed by atoms with E-state index in [9.17, 15) is 31.2 Å². The topological polar surface area (TPSA) is 251 Å². The fraction of sp³-hybridized carbons (Fsp3) is 0.214. The summed E-state index contributed by atoms with van der Waals surface area (Å²) in [5.41, 5.74) is 0.395. The van der Waals surface area contributed by atoms with Gasteiger partial charge in [0.1, 0.15) is 16.2 Å². The number of nitrogens with zero attached hydrogens (tertiary/aromatic N) is 3. The summed E-state index contributed by atoms with van der Waals surface area (Å²) in [6.45, 7) is -0.653. The largest absolute Gasteiger partial charge is 0.481 e. The molecule has 0 aliphatic rings. The molecule has 0 bridgehead atoms. The molecule has 0 atom stereocenters. The van der Waals surface area contributed by atoms with Crippen LogP contribution in [0, 0.1) is 0 Å². The Morgan fingerprint density at radius 1 is 0.939 bits per heavy atom. The second kappa shape index (κ2) is 16.7. The predicted octanol–water partition coefficient (Wildman–Crippen LogP) is 2.19. The van der Waals surface area contributed by atoms with Crippen LogP contribution < -0.4 is 29.0 Å². The van der Waals surface area contributed by atoms with Crippen LogP contribution in [0.5, 0.6) is 17.5 Å². The van der Waals surface area contributed by atoms with Crippen molar-refractivity contribution < 1.29 is 55.3 Å². The van der Waals surface area contributed by atoms with Crippen molar-refractivity contribution in [1.82, 2.24) is 24.4 Å². The van der Waals surface area contributed by atoms with Gasteiger partial charge in [-0.1, -0.05) is 17.7 Å². The van der Waals surface area contributed by atoms with Gasteiger partial charge in [-0.3, -0.25) is 10.3 Å². The van der Waals surface area contributed by atoms with E-state index in [0.717, 1.165) is 30.9 Å². The first-order valence-electron chi connectivity index (χ1n) is 13.4. The molecule has 21 heteroatoms. The highest BCUT2D eigenvalue weighted by atomic mass is 35.5. The van der Waals surface area contributed by atoms with Crippen LogP contribution in [0.15, 0.2) is 59.6 Å². The summed E-state index contributed by atoms with van der Waals surface area (Å²) in [4.78, 5) is 46.0. The minimum atomic E-state index is -4.63. The molecular weight excluding hydrogens is 712 g/mol. The number of aliphatic carboxylic acids is 1. The average Bonchev–Trinajstić information content (AvgIpc) is 3.06. The van der Waals surface area contributed by atoms with Crippen LogP contribution >= 0.6 is 11.6 Å². The number of anilines is 1. The third kappa shape index (κ3) is 11.1. The van der Waals surface area contributed by atoms with Crippen LogP contribution in [0.4, 0.5) is 10.7 Å². The van der Waals surface area contributed by atoms with E-state index in [0.29, 0.717) is 16.3 Å². The van der Waals surface area contributed by atoms with E-state index < -0.39 is 49.5 Å². The van der Waals surface area contributed by atoms with Gasteiger partial charge in [0.2, 0.25) is 27.7 Å². The molecule has 0 fully saturated rings. The van der Waals surface area contributed by atoms with E-state index in [2.05, 4.69) is 29.7 Å². The van der Waals surface area contributed by atoms with Crippen molar-refractivity contribution in [3.63, 3.8) is 0 Å². The van der Waals surface area contributed by atoms with Gasteiger partial charge >= 0.3 is 18.0 Å². The molecule has 18 nitrogen and oxygen atoms in total. The predicted molar refractivity (Wildman–Crippen MR) is 174 cm³/mol. The van der Waals surface area contributed by atoms with Crippen molar-refractivity contribution in [2.45, 2.75) is 11.4 Å². The Hall–Kier alpha value is -5.31. The third-order valence-electron chi connectivity index (χ3n) is 5.86. The number of nitrogens with one attached hydrogen (secondary N) is 3. The quantitative estimate of drug-likeness (QED) is 0.152. The molecule has 4 rings (SSSR count). The van der Waals surface area contributed by atoms with Crippen LogP contribution in [0.1, 0.15) is 15.9 Å². The number of sulfonamides is 2. The van der Waals surface area contributed by atoms with Crippen LogP contribution in [0.25, 0.3) is 10.9 Å². The number of carbonyl (C=O) groups excluding carboxylic acids is 2. The number of carboxylic acid groups (broad SMARTS) is 1. The third-order valence-corrected chi connectivity index (χ3v) is 8.23. The van der Waals surface area contributed by atoms with E-state index in [4.69, 9.17) is 30.9 Å². The molecule has 2 heterocycles. The number of carboxylic acids is 1. The molecule has 2 aromatic heterocycles. The Balaban J connectivity index is 0.000000337. The lowest BCUT2D eigenvalue weighted by atomic mass is 10.1. The van der Waals surface area contributed by atoms with Crippen molar-refractivity contribution in [3.8, 4) is 17.5 Å². The van der Waals surface area contributed by atoms with Crippen LogP contribution in [0.3, 0.4) is 0 Å². The molecule has 262 valence electrons. The number of pyridine rings is 1. The molecule has 4 N–H and O–H groups in total. The molecule has 0 spiro atoms. The van der Waals surface area contributed by atoms with Gasteiger partial charge in [-0.15, -0.1) is 0 Å². The summed E-state index contributed by atoms with van der Waals surface area (Å²) in [5, 5.41) is 12.0. The van der Waals surface area contributed by atoms with Crippen molar-refractivity contribution in [2.75, 3.05) is 39.5 Å². The summed E-state index contributed by atoms with van der Waals surface area (Å²) >= 11 is 5.98. The van der Waals surface area contributed by atoms with Crippen molar-refractivity contribution in [2.24, 2.45) is 0 Å². The van der Waals surface area contributed by atoms with Gasteiger partial charge in [0, 0.05) is 18.1 Å². The van der Waals surface area contributed by atoms with E-state index in [-0.39, 0.29) is 35.4 Å². The molecule has 0 unspecified atom stereocenters. The first-order chi connectivity index (χ1) is 23.1. The first-order valence-corrected chi connectivity index (χ1v) is 17.2. The van der Waals surface area contributed by atoms with Gasteiger partial charge in [0.25, 0.3) is 10.0 Å². The number of benzene rings is 2. The van der Waals surface area contributed by atoms with Crippen LogP contribution in [-0.2, 0) is 36.1 Å². The average molecular weight is 741 g/mol. The van der Waals surface area contributed by atoms with Gasteiger partial charge in [-0.2, -0.15) is 9.97 Å². The fourth-order valence-electron chi connectivity index (χ4n) is 3.73. The summed E-state index contributed by atoms with van der Waals surface area (Å²) in [7, 11) is -4.53. The summed E-state index contributed by atoms with van der Waals surface area (Å²) in [6, 6.07) is 10.4. The molecule has 4 aromatic rings. The number of amides is 2. The normalized spacial score (nSPS) is 11.0. The fourth-order valence-corrected chi connectivity index (χ4v) is 5.53. The molecular formula is C28H29ClN6O12S2. The van der Waals surface area contributed by atoms with Crippen molar-refractivity contribution in [1.29, 1.82) is 0 Å². The van der Waals surface area contributed by atoms with Gasteiger partial charge in [-0.05, 0) is 42.0 Å². The Labute approximate surface area is 284 Å². The van der Waals surface area contributed by atoms with Crippen LogP contribution in [0.2, 0.25) is 5.02 Å². The SMILES string of the molecule is COC(=O)c1ccc(CNS(C)(=O)=O)cc1S(=O)(=O)NC(=O)Nc1nc(OC)cc(OC)n1.O=C(O)COc1ccc(Cl)c2cccnc12. The highest BCUT2D eigenvalue weighted by molar-refractivity contribution is 7.90. The molecule has 49 heavy (non-hydrogen) atoms. The summed E-state index contributed by atoms with van der Waals surface area (Å²) in [6.07, 6.45) is 2.53.